The summed E-state index contributed by atoms with van der Waals surface area (Å²) < 4.78 is 5.48. The molecule has 1 aromatic rings. The van der Waals surface area contributed by atoms with Crippen molar-refractivity contribution in [3.8, 4) is 0 Å². The topological polar surface area (TPSA) is 35.2 Å². The van der Waals surface area contributed by atoms with Crippen LogP contribution in [0.5, 0.6) is 0 Å². The second-order valence-electron chi connectivity index (χ2n) is 4.77. The second kappa shape index (κ2) is 6.02. The fraction of sp³-hybridized carbons (Fsp3) is 0.571. The van der Waals surface area contributed by atoms with E-state index in [1.54, 1.807) is 0 Å². The van der Waals surface area contributed by atoms with Crippen molar-refractivity contribution in [2.24, 2.45) is 11.7 Å². The molecular formula is C14H21NO. The highest BCUT2D eigenvalue weighted by Gasteiger charge is 2.17. The summed E-state index contributed by atoms with van der Waals surface area (Å²) in [5.74, 6) is 0.674. The first-order chi connectivity index (χ1) is 7.84. The number of hydrogen-bond acceptors (Lipinski definition) is 2. The van der Waals surface area contributed by atoms with E-state index in [1.807, 2.05) is 6.07 Å². The Morgan fingerprint density at radius 3 is 2.81 bits per heavy atom. The molecule has 16 heavy (non-hydrogen) atoms. The quantitative estimate of drug-likeness (QED) is 0.843. The molecule has 2 unspecified atom stereocenters. The summed E-state index contributed by atoms with van der Waals surface area (Å²) in [5.41, 5.74) is 7.52. The molecule has 1 fully saturated rings. The van der Waals surface area contributed by atoms with Gasteiger partial charge in [0.2, 0.25) is 0 Å². The minimum Gasteiger partial charge on any atom is -0.381 e. The lowest BCUT2D eigenvalue weighted by Gasteiger charge is -2.24. The molecule has 0 aromatic heterocycles. The van der Waals surface area contributed by atoms with Gasteiger partial charge in [-0.2, -0.15) is 0 Å². The summed E-state index contributed by atoms with van der Waals surface area (Å²) in [6.07, 6.45) is 4.55. The maximum absolute atomic E-state index is 6.18. The fourth-order valence-electron chi connectivity index (χ4n) is 2.42. The zero-order chi connectivity index (χ0) is 11.2. The summed E-state index contributed by atoms with van der Waals surface area (Å²) in [7, 11) is 0. The summed E-state index contributed by atoms with van der Waals surface area (Å²) in [6.45, 7) is 1.84. The van der Waals surface area contributed by atoms with Crippen molar-refractivity contribution in [1.29, 1.82) is 0 Å². The first-order valence-corrected chi connectivity index (χ1v) is 6.22. The van der Waals surface area contributed by atoms with Crippen molar-refractivity contribution < 1.29 is 4.74 Å². The zero-order valence-corrected chi connectivity index (χ0v) is 9.77. The predicted octanol–water partition coefficient (Wildman–Crippen LogP) is 2.37. The van der Waals surface area contributed by atoms with Crippen LogP contribution >= 0.6 is 0 Å². The van der Waals surface area contributed by atoms with Crippen molar-refractivity contribution in [3.05, 3.63) is 35.9 Å². The minimum atomic E-state index is 0.272. The van der Waals surface area contributed by atoms with E-state index >= 15 is 0 Å². The maximum atomic E-state index is 6.18. The number of hydrogen-bond donors (Lipinski definition) is 1. The lowest BCUT2D eigenvalue weighted by Crippen LogP contribution is -2.29. The summed E-state index contributed by atoms with van der Waals surface area (Å²) in [6, 6.07) is 10.8. The highest BCUT2D eigenvalue weighted by Crippen LogP contribution is 2.19. The van der Waals surface area contributed by atoms with E-state index in [-0.39, 0.29) is 6.04 Å². The van der Waals surface area contributed by atoms with Crippen LogP contribution in [-0.2, 0) is 11.2 Å². The van der Waals surface area contributed by atoms with Gasteiger partial charge in [-0.15, -0.1) is 0 Å². The van der Waals surface area contributed by atoms with Gasteiger partial charge in [-0.25, -0.2) is 0 Å². The molecule has 2 heteroatoms. The van der Waals surface area contributed by atoms with Gasteiger partial charge >= 0.3 is 0 Å². The fourth-order valence-corrected chi connectivity index (χ4v) is 2.42. The Kier molecular flexibility index (Phi) is 4.37. The van der Waals surface area contributed by atoms with Gasteiger partial charge in [0.05, 0.1) is 0 Å². The van der Waals surface area contributed by atoms with Gasteiger partial charge < -0.3 is 10.5 Å². The van der Waals surface area contributed by atoms with E-state index in [0.717, 1.165) is 26.1 Å². The van der Waals surface area contributed by atoms with Gasteiger partial charge in [0.15, 0.2) is 0 Å². The Hall–Kier alpha value is -0.860. The van der Waals surface area contributed by atoms with E-state index in [4.69, 9.17) is 10.5 Å². The molecular weight excluding hydrogens is 198 g/mol. The first-order valence-electron chi connectivity index (χ1n) is 6.22. The van der Waals surface area contributed by atoms with Crippen molar-refractivity contribution in [1.82, 2.24) is 0 Å². The van der Waals surface area contributed by atoms with Crippen LogP contribution < -0.4 is 5.73 Å². The van der Waals surface area contributed by atoms with Crippen molar-refractivity contribution in [3.63, 3.8) is 0 Å². The molecule has 0 radical (unpaired) electrons. The van der Waals surface area contributed by atoms with Gasteiger partial charge in [0.1, 0.15) is 0 Å². The normalized spacial score (nSPS) is 22.9. The molecule has 0 amide bonds. The maximum Gasteiger partial charge on any atom is 0.0494 e. The Bertz CT molecular complexity index is 293. The summed E-state index contributed by atoms with van der Waals surface area (Å²) >= 11 is 0. The first kappa shape index (κ1) is 11.6. The van der Waals surface area contributed by atoms with Crippen LogP contribution in [0.4, 0.5) is 0 Å². The van der Waals surface area contributed by atoms with Crippen LogP contribution in [0.15, 0.2) is 30.3 Å². The third-order valence-electron chi connectivity index (χ3n) is 3.23. The smallest absolute Gasteiger partial charge is 0.0494 e. The van der Waals surface area contributed by atoms with E-state index in [9.17, 15) is 0 Å². The third kappa shape index (κ3) is 3.62. The van der Waals surface area contributed by atoms with Gasteiger partial charge in [0, 0.05) is 19.3 Å². The molecule has 1 aliphatic heterocycles. The molecule has 1 aromatic carbocycles. The lowest BCUT2D eigenvalue weighted by molar-refractivity contribution is 0.0491. The standard InChI is InChI=1S/C14H21NO/c15-14(9-12-5-2-1-3-6-12)10-13-7-4-8-16-11-13/h1-3,5-6,13-14H,4,7-11,15H2. The molecule has 2 rings (SSSR count). The van der Waals surface area contributed by atoms with Crippen LogP contribution in [0, 0.1) is 5.92 Å². The van der Waals surface area contributed by atoms with Crippen molar-refractivity contribution in [2.45, 2.75) is 31.7 Å². The monoisotopic (exact) mass is 219 g/mol. The van der Waals surface area contributed by atoms with Crippen LogP contribution in [0.1, 0.15) is 24.8 Å². The Labute approximate surface area is 97.8 Å². The Morgan fingerprint density at radius 1 is 1.31 bits per heavy atom. The lowest BCUT2D eigenvalue weighted by atomic mass is 9.92. The third-order valence-corrected chi connectivity index (χ3v) is 3.23. The van der Waals surface area contributed by atoms with Crippen LogP contribution in [0.3, 0.4) is 0 Å². The molecule has 88 valence electrons. The van der Waals surface area contributed by atoms with Crippen molar-refractivity contribution in [2.75, 3.05) is 13.2 Å². The molecule has 2 nitrogen and oxygen atoms in total. The molecule has 0 aliphatic carbocycles. The van der Waals surface area contributed by atoms with E-state index in [2.05, 4.69) is 24.3 Å². The van der Waals surface area contributed by atoms with E-state index < -0.39 is 0 Å². The highest BCUT2D eigenvalue weighted by atomic mass is 16.5. The number of rotatable bonds is 4. The molecule has 0 bridgehead atoms. The number of benzene rings is 1. The number of nitrogens with two attached hydrogens (primary N) is 1. The minimum absolute atomic E-state index is 0.272. The van der Waals surface area contributed by atoms with Crippen LogP contribution in [-0.4, -0.2) is 19.3 Å². The summed E-state index contributed by atoms with van der Waals surface area (Å²) in [5, 5.41) is 0. The van der Waals surface area contributed by atoms with Crippen molar-refractivity contribution >= 4 is 0 Å². The molecule has 2 N–H and O–H groups in total. The average molecular weight is 219 g/mol. The zero-order valence-electron chi connectivity index (χ0n) is 9.77. The predicted molar refractivity (Wildman–Crippen MR) is 66.3 cm³/mol. The summed E-state index contributed by atoms with van der Waals surface area (Å²) in [4.78, 5) is 0. The van der Waals surface area contributed by atoms with Gasteiger partial charge in [-0.05, 0) is 37.2 Å². The molecule has 0 saturated carbocycles. The SMILES string of the molecule is NC(Cc1ccccc1)CC1CCCOC1. The highest BCUT2D eigenvalue weighted by molar-refractivity contribution is 5.15. The molecule has 1 aliphatic rings. The Morgan fingerprint density at radius 2 is 2.12 bits per heavy atom. The largest absolute Gasteiger partial charge is 0.381 e. The van der Waals surface area contributed by atoms with E-state index in [0.29, 0.717) is 5.92 Å². The van der Waals surface area contributed by atoms with Crippen LogP contribution in [0.25, 0.3) is 0 Å². The van der Waals surface area contributed by atoms with E-state index in [1.165, 1.54) is 18.4 Å². The van der Waals surface area contributed by atoms with Gasteiger partial charge in [-0.3, -0.25) is 0 Å². The average Bonchev–Trinajstić information content (AvgIpc) is 2.31. The number of ether oxygens (including phenoxy) is 1. The van der Waals surface area contributed by atoms with Gasteiger partial charge in [0.25, 0.3) is 0 Å². The Balaban J connectivity index is 1.77. The second-order valence-corrected chi connectivity index (χ2v) is 4.77. The molecule has 1 heterocycles. The molecule has 1 saturated heterocycles. The van der Waals surface area contributed by atoms with Gasteiger partial charge in [-0.1, -0.05) is 30.3 Å². The molecule has 2 atom stereocenters. The molecule has 0 spiro atoms. The van der Waals surface area contributed by atoms with Crippen LogP contribution in [0.2, 0.25) is 0 Å².